The Morgan fingerprint density at radius 1 is 1.00 bits per heavy atom. The summed E-state index contributed by atoms with van der Waals surface area (Å²) >= 11 is 0. The Balaban J connectivity index is 1.61. The van der Waals surface area contributed by atoms with Crippen molar-refractivity contribution in [1.82, 2.24) is 5.32 Å². The molecule has 3 aliphatic carbocycles. The summed E-state index contributed by atoms with van der Waals surface area (Å²) in [4.78, 5) is 0. The van der Waals surface area contributed by atoms with Crippen molar-refractivity contribution in [2.24, 2.45) is 11.8 Å². The van der Waals surface area contributed by atoms with Gasteiger partial charge in [-0.05, 0) is 61.5 Å². The van der Waals surface area contributed by atoms with Crippen molar-refractivity contribution >= 4 is 0 Å². The largest absolute Gasteiger partial charge is 0.388 e. The van der Waals surface area contributed by atoms with E-state index in [4.69, 9.17) is 0 Å². The fourth-order valence-electron chi connectivity index (χ4n) is 4.16. The maximum atomic E-state index is 11.2. The molecule has 2 unspecified atom stereocenters. The second kappa shape index (κ2) is 4.32. The zero-order chi connectivity index (χ0) is 12.9. The molecule has 0 aliphatic heterocycles. The van der Waals surface area contributed by atoms with Crippen molar-refractivity contribution in [1.29, 1.82) is 0 Å². The second-order valence-electron chi connectivity index (χ2n) is 6.79. The highest BCUT2D eigenvalue weighted by molar-refractivity contribution is 5.32. The van der Waals surface area contributed by atoms with Crippen LogP contribution in [-0.2, 0) is 12.8 Å². The molecule has 2 fully saturated rings. The summed E-state index contributed by atoms with van der Waals surface area (Å²) in [6.45, 7) is 0.807. The van der Waals surface area contributed by atoms with Crippen molar-refractivity contribution in [3.05, 3.63) is 35.4 Å². The van der Waals surface area contributed by atoms with E-state index < -0.39 is 5.60 Å². The van der Waals surface area contributed by atoms with Crippen LogP contribution >= 0.6 is 0 Å². The molecular weight excluding hydrogens is 234 g/mol. The Morgan fingerprint density at radius 3 is 2.11 bits per heavy atom. The van der Waals surface area contributed by atoms with Gasteiger partial charge in [0.15, 0.2) is 0 Å². The van der Waals surface area contributed by atoms with E-state index in [1.807, 2.05) is 0 Å². The molecule has 2 bridgehead atoms. The standard InChI is InChI=1S/C17H23NO/c19-17(11-18-16-7-8-16)14-5-6-15(17)10-13-4-2-1-3-12(13)9-14/h1-4,14-16,18-19H,5-11H2. The second-order valence-corrected chi connectivity index (χ2v) is 6.79. The molecule has 0 aromatic heterocycles. The number of fused-ring (bicyclic) bond motifs is 3. The highest BCUT2D eigenvalue weighted by Crippen LogP contribution is 2.47. The van der Waals surface area contributed by atoms with Crippen LogP contribution in [0.3, 0.4) is 0 Å². The Kier molecular flexibility index (Phi) is 2.71. The Morgan fingerprint density at radius 2 is 1.58 bits per heavy atom. The fraction of sp³-hybridized carbons (Fsp3) is 0.647. The lowest BCUT2D eigenvalue weighted by molar-refractivity contribution is -0.0321. The molecule has 0 spiro atoms. The summed E-state index contributed by atoms with van der Waals surface area (Å²) in [7, 11) is 0. The van der Waals surface area contributed by atoms with Gasteiger partial charge in [-0.3, -0.25) is 0 Å². The molecule has 2 nitrogen and oxygen atoms in total. The third-order valence-corrected chi connectivity index (χ3v) is 5.58. The minimum atomic E-state index is -0.471. The maximum absolute atomic E-state index is 11.2. The highest BCUT2D eigenvalue weighted by Gasteiger charge is 2.50. The van der Waals surface area contributed by atoms with E-state index in [1.165, 1.54) is 36.8 Å². The van der Waals surface area contributed by atoms with E-state index in [9.17, 15) is 5.11 Å². The average Bonchev–Trinajstić information content (AvgIpc) is 3.17. The van der Waals surface area contributed by atoms with Crippen molar-refractivity contribution in [3.8, 4) is 0 Å². The highest BCUT2D eigenvalue weighted by atomic mass is 16.3. The van der Waals surface area contributed by atoms with Gasteiger partial charge < -0.3 is 10.4 Å². The lowest BCUT2D eigenvalue weighted by atomic mass is 9.82. The van der Waals surface area contributed by atoms with Crippen molar-refractivity contribution < 1.29 is 5.11 Å². The molecule has 4 rings (SSSR count). The fourth-order valence-corrected chi connectivity index (χ4v) is 4.16. The zero-order valence-electron chi connectivity index (χ0n) is 11.4. The Bertz CT molecular complexity index is 447. The lowest BCUT2D eigenvalue weighted by Gasteiger charge is -2.34. The number of rotatable bonds is 3. The van der Waals surface area contributed by atoms with Gasteiger partial charge in [-0.15, -0.1) is 0 Å². The number of nitrogens with one attached hydrogen (secondary N) is 1. The Hall–Kier alpha value is -0.860. The molecule has 102 valence electrons. The number of hydrogen-bond acceptors (Lipinski definition) is 2. The molecule has 0 radical (unpaired) electrons. The SMILES string of the molecule is OC1(CNC2CC2)C2CCC1Cc1ccccc1C2. The molecule has 3 aliphatic rings. The van der Waals surface area contributed by atoms with Crippen LogP contribution in [0.1, 0.15) is 36.8 Å². The summed E-state index contributed by atoms with van der Waals surface area (Å²) in [5.41, 5.74) is 2.47. The molecule has 0 saturated heterocycles. The van der Waals surface area contributed by atoms with Crippen molar-refractivity contribution in [3.63, 3.8) is 0 Å². The first-order valence-corrected chi connectivity index (χ1v) is 7.78. The van der Waals surface area contributed by atoms with Gasteiger partial charge in [0.2, 0.25) is 0 Å². The van der Waals surface area contributed by atoms with Crippen LogP contribution in [0.15, 0.2) is 24.3 Å². The first kappa shape index (κ1) is 11.9. The van der Waals surface area contributed by atoms with Gasteiger partial charge in [0.05, 0.1) is 5.60 Å². The molecule has 1 aromatic carbocycles. The number of hydrogen-bond donors (Lipinski definition) is 2. The summed E-state index contributed by atoms with van der Waals surface area (Å²) in [6.07, 6.45) is 7.12. The molecule has 1 aromatic rings. The van der Waals surface area contributed by atoms with E-state index in [0.29, 0.717) is 17.9 Å². The maximum Gasteiger partial charge on any atom is 0.0833 e. The van der Waals surface area contributed by atoms with Crippen LogP contribution < -0.4 is 5.32 Å². The molecule has 2 N–H and O–H groups in total. The molecule has 0 heterocycles. The van der Waals surface area contributed by atoms with Crippen LogP contribution in [0.4, 0.5) is 0 Å². The van der Waals surface area contributed by atoms with Gasteiger partial charge in [-0.1, -0.05) is 24.3 Å². The van der Waals surface area contributed by atoms with Crippen LogP contribution in [0.25, 0.3) is 0 Å². The average molecular weight is 257 g/mol. The molecular formula is C17H23NO. The normalized spacial score (nSPS) is 36.9. The summed E-state index contributed by atoms with van der Waals surface area (Å²) in [5, 5.41) is 14.8. The first-order valence-electron chi connectivity index (χ1n) is 7.78. The molecule has 0 amide bonds. The zero-order valence-corrected chi connectivity index (χ0v) is 11.4. The number of benzene rings is 1. The predicted octanol–water partition coefficient (Wildman–Crippen LogP) is 2.29. The first-order chi connectivity index (χ1) is 9.25. The van der Waals surface area contributed by atoms with Crippen molar-refractivity contribution in [2.45, 2.75) is 50.2 Å². The minimum absolute atomic E-state index is 0.451. The van der Waals surface area contributed by atoms with Crippen LogP contribution in [0, 0.1) is 11.8 Å². The molecule has 2 saturated carbocycles. The smallest absolute Gasteiger partial charge is 0.0833 e. The van der Waals surface area contributed by atoms with Gasteiger partial charge >= 0.3 is 0 Å². The topological polar surface area (TPSA) is 32.3 Å². The minimum Gasteiger partial charge on any atom is -0.388 e. The van der Waals surface area contributed by atoms with E-state index in [2.05, 4.69) is 29.6 Å². The molecule has 2 atom stereocenters. The molecule has 19 heavy (non-hydrogen) atoms. The quantitative estimate of drug-likeness (QED) is 0.871. The van der Waals surface area contributed by atoms with E-state index >= 15 is 0 Å². The van der Waals surface area contributed by atoms with Crippen LogP contribution in [0.2, 0.25) is 0 Å². The van der Waals surface area contributed by atoms with Gasteiger partial charge in [-0.2, -0.15) is 0 Å². The monoisotopic (exact) mass is 257 g/mol. The Labute approximate surface area is 115 Å². The van der Waals surface area contributed by atoms with E-state index in [0.717, 1.165) is 19.4 Å². The van der Waals surface area contributed by atoms with Gasteiger partial charge in [0.25, 0.3) is 0 Å². The van der Waals surface area contributed by atoms with Gasteiger partial charge in [0, 0.05) is 12.6 Å². The lowest BCUT2D eigenvalue weighted by Crippen LogP contribution is -2.49. The van der Waals surface area contributed by atoms with Gasteiger partial charge in [0.1, 0.15) is 0 Å². The van der Waals surface area contributed by atoms with Crippen LogP contribution in [-0.4, -0.2) is 23.3 Å². The van der Waals surface area contributed by atoms with Crippen LogP contribution in [0.5, 0.6) is 0 Å². The predicted molar refractivity (Wildman–Crippen MR) is 76.0 cm³/mol. The summed E-state index contributed by atoms with van der Waals surface area (Å²) in [5.74, 6) is 0.903. The third kappa shape index (κ3) is 2.02. The summed E-state index contributed by atoms with van der Waals surface area (Å²) in [6, 6.07) is 9.47. The van der Waals surface area contributed by atoms with Crippen molar-refractivity contribution in [2.75, 3.05) is 6.54 Å². The molecule has 2 heteroatoms. The third-order valence-electron chi connectivity index (χ3n) is 5.58. The van der Waals surface area contributed by atoms with E-state index in [-0.39, 0.29) is 0 Å². The number of aliphatic hydroxyl groups is 1. The van der Waals surface area contributed by atoms with E-state index in [1.54, 1.807) is 0 Å². The summed E-state index contributed by atoms with van der Waals surface area (Å²) < 4.78 is 0. The van der Waals surface area contributed by atoms with Gasteiger partial charge in [-0.25, -0.2) is 0 Å².